The van der Waals surface area contributed by atoms with Crippen LogP contribution in [0.15, 0.2) is 0 Å². The summed E-state index contributed by atoms with van der Waals surface area (Å²) in [4.78, 5) is 14.1. The van der Waals surface area contributed by atoms with Gasteiger partial charge >= 0.3 is 0 Å². The lowest BCUT2D eigenvalue weighted by Crippen LogP contribution is -2.44. The molecule has 3 heteroatoms. The van der Waals surface area contributed by atoms with Gasteiger partial charge in [0.05, 0.1) is 0 Å². The number of amides is 1. The molecule has 1 amide bonds. The molecule has 0 saturated heterocycles. The fraction of sp³-hybridized carbons (Fsp3) is 0.933. The van der Waals surface area contributed by atoms with E-state index in [1.54, 1.807) is 0 Å². The first-order valence-electron chi connectivity index (χ1n) is 7.39. The van der Waals surface area contributed by atoms with Crippen molar-refractivity contribution < 1.29 is 4.79 Å². The highest BCUT2D eigenvalue weighted by Gasteiger charge is 2.26. The average Bonchev–Trinajstić information content (AvgIpc) is 2.35. The Bertz CT molecular complexity index is 276. The third-order valence-corrected chi connectivity index (χ3v) is 4.74. The van der Waals surface area contributed by atoms with E-state index in [0.29, 0.717) is 18.4 Å². The smallest absolute Gasteiger partial charge is 0.222 e. The summed E-state index contributed by atoms with van der Waals surface area (Å²) in [5.41, 5.74) is 5.96. The van der Waals surface area contributed by atoms with Crippen molar-refractivity contribution in [1.29, 1.82) is 0 Å². The van der Waals surface area contributed by atoms with Crippen LogP contribution in [0.2, 0.25) is 0 Å². The van der Waals surface area contributed by atoms with Crippen molar-refractivity contribution in [3.05, 3.63) is 0 Å². The van der Waals surface area contributed by atoms with Crippen LogP contribution >= 0.6 is 0 Å². The van der Waals surface area contributed by atoms with E-state index in [9.17, 15) is 4.79 Å². The Labute approximate surface area is 112 Å². The van der Waals surface area contributed by atoms with Gasteiger partial charge < -0.3 is 10.6 Å². The van der Waals surface area contributed by atoms with Gasteiger partial charge in [0.15, 0.2) is 0 Å². The van der Waals surface area contributed by atoms with Gasteiger partial charge in [-0.3, -0.25) is 4.79 Å². The molecule has 1 saturated carbocycles. The van der Waals surface area contributed by atoms with Crippen LogP contribution < -0.4 is 5.73 Å². The maximum atomic E-state index is 12.2. The van der Waals surface area contributed by atoms with Gasteiger partial charge in [0.25, 0.3) is 0 Å². The Morgan fingerprint density at radius 1 is 1.39 bits per heavy atom. The third kappa shape index (κ3) is 4.27. The number of carbonyl (C=O) groups is 1. The molecular formula is C15H30N2O. The molecule has 0 aromatic carbocycles. The summed E-state index contributed by atoms with van der Waals surface area (Å²) >= 11 is 0. The zero-order valence-corrected chi connectivity index (χ0v) is 12.5. The zero-order valence-electron chi connectivity index (χ0n) is 12.5. The lowest BCUT2D eigenvalue weighted by Gasteiger charge is -2.35. The minimum absolute atomic E-state index is 0.0277. The highest BCUT2D eigenvalue weighted by atomic mass is 16.2. The minimum atomic E-state index is -0.0277. The van der Waals surface area contributed by atoms with Crippen LogP contribution in [0.5, 0.6) is 0 Å². The van der Waals surface area contributed by atoms with E-state index in [1.165, 1.54) is 12.8 Å². The van der Waals surface area contributed by atoms with Crippen LogP contribution in [0.1, 0.15) is 65.7 Å². The first kappa shape index (κ1) is 15.5. The second-order valence-electron chi connectivity index (χ2n) is 6.45. The quantitative estimate of drug-likeness (QED) is 0.820. The number of carbonyl (C=O) groups excluding carboxylic acids is 1. The Morgan fingerprint density at radius 2 is 2.06 bits per heavy atom. The summed E-state index contributed by atoms with van der Waals surface area (Å²) in [6.45, 7) is 6.38. The van der Waals surface area contributed by atoms with Gasteiger partial charge in [-0.15, -0.1) is 0 Å². The normalized spacial score (nSPS) is 24.9. The van der Waals surface area contributed by atoms with E-state index >= 15 is 0 Å². The SMILES string of the molecule is CCC(C)(C)N(C)C(=O)CCC1CCCC(N)C1. The summed E-state index contributed by atoms with van der Waals surface area (Å²) in [5.74, 6) is 0.942. The van der Waals surface area contributed by atoms with E-state index in [0.717, 1.165) is 25.7 Å². The number of hydrogen-bond acceptors (Lipinski definition) is 2. The Morgan fingerprint density at radius 3 is 2.61 bits per heavy atom. The molecule has 18 heavy (non-hydrogen) atoms. The number of hydrogen-bond donors (Lipinski definition) is 1. The summed E-state index contributed by atoms with van der Waals surface area (Å²) in [5, 5.41) is 0. The lowest BCUT2D eigenvalue weighted by molar-refractivity contribution is -0.135. The van der Waals surface area contributed by atoms with Crippen LogP contribution in [-0.2, 0) is 4.79 Å². The Hall–Kier alpha value is -0.570. The summed E-state index contributed by atoms with van der Waals surface area (Å²) in [6, 6.07) is 0.365. The van der Waals surface area contributed by atoms with Crippen molar-refractivity contribution in [2.24, 2.45) is 11.7 Å². The van der Waals surface area contributed by atoms with E-state index in [4.69, 9.17) is 5.73 Å². The average molecular weight is 254 g/mol. The predicted molar refractivity (Wildman–Crippen MR) is 76.3 cm³/mol. The fourth-order valence-electron chi connectivity index (χ4n) is 2.66. The molecular weight excluding hydrogens is 224 g/mol. The molecule has 0 aromatic rings. The van der Waals surface area contributed by atoms with Gasteiger partial charge in [0.1, 0.15) is 0 Å². The molecule has 1 rings (SSSR count). The van der Waals surface area contributed by atoms with Gasteiger partial charge in [-0.05, 0) is 45.4 Å². The fourth-order valence-corrected chi connectivity index (χ4v) is 2.66. The maximum Gasteiger partial charge on any atom is 0.222 e. The molecule has 106 valence electrons. The molecule has 1 aliphatic carbocycles. The highest BCUT2D eigenvalue weighted by Crippen LogP contribution is 2.27. The van der Waals surface area contributed by atoms with Crippen LogP contribution in [0.3, 0.4) is 0 Å². The lowest BCUT2D eigenvalue weighted by atomic mass is 9.83. The Kier molecular flexibility index (Phi) is 5.64. The van der Waals surface area contributed by atoms with E-state index in [1.807, 2.05) is 11.9 Å². The van der Waals surface area contributed by atoms with Crippen LogP contribution in [-0.4, -0.2) is 29.4 Å². The molecule has 3 nitrogen and oxygen atoms in total. The third-order valence-electron chi connectivity index (χ3n) is 4.74. The second kappa shape index (κ2) is 6.55. The first-order valence-corrected chi connectivity index (χ1v) is 7.39. The zero-order chi connectivity index (χ0) is 13.8. The van der Waals surface area contributed by atoms with Gasteiger partial charge in [-0.25, -0.2) is 0 Å². The largest absolute Gasteiger partial charge is 0.341 e. The molecule has 0 aromatic heterocycles. The van der Waals surface area contributed by atoms with Crippen molar-refractivity contribution in [2.45, 2.75) is 77.3 Å². The minimum Gasteiger partial charge on any atom is -0.341 e. The molecule has 2 atom stereocenters. The van der Waals surface area contributed by atoms with Gasteiger partial charge in [-0.1, -0.05) is 19.8 Å². The van der Waals surface area contributed by atoms with Gasteiger partial charge in [-0.2, -0.15) is 0 Å². The van der Waals surface area contributed by atoms with Crippen LogP contribution in [0, 0.1) is 5.92 Å². The summed E-state index contributed by atoms with van der Waals surface area (Å²) in [7, 11) is 1.93. The van der Waals surface area contributed by atoms with Crippen molar-refractivity contribution >= 4 is 5.91 Å². The summed E-state index contributed by atoms with van der Waals surface area (Å²) < 4.78 is 0. The molecule has 0 spiro atoms. The number of rotatable bonds is 5. The van der Waals surface area contributed by atoms with E-state index in [-0.39, 0.29) is 11.4 Å². The molecule has 1 aliphatic rings. The van der Waals surface area contributed by atoms with E-state index in [2.05, 4.69) is 20.8 Å². The molecule has 0 bridgehead atoms. The second-order valence-corrected chi connectivity index (χ2v) is 6.45. The highest BCUT2D eigenvalue weighted by molar-refractivity contribution is 5.76. The monoisotopic (exact) mass is 254 g/mol. The van der Waals surface area contributed by atoms with Crippen molar-refractivity contribution in [2.75, 3.05) is 7.05 Å². The van der Waals surface area contributed by atoms with Crippen molar-refractivity contribution in [3.63, 3.8) is 0 Å². The van der Waals surface area contributed by atoms with E-state index < -0.39 is 0 Å². The van der Waals surface area contributed by atoms with Crippen LogP contribution in [0.4, 0.5) is 0 Å². The van der Waals surface area contributed by atoms with Gasteiger partial charge in [0.2, 0.25) is 5.91 Å². The maximum absolute atomic E-state index is 12.2. The van der Waals surface area contributed by atoms with Crippen LogP contribution in [0.25, 0.3) is 0 Å². The summed E-state index contributed by atoms with van der Waals surface area (Å²) in [6.07, 6.45) is 7.43. The first-order chi connectivity index (χ1) is 8.36. The van der Waals surface area contributed by atoms with Gasteiger partial charge in [0, 0.05) is 25.0 Å². The van der Waals surface area contributed by atoms with Crippen molar-refractivity contribution in [3.8, 4) is 0 Å². The molecule has 0 aliphatic heterocycles. The molecule has 0 radical (unpaired) electrons. The molecule has 1 fully saturated rings. The topological polar surface area (TPSA) is 46.3 Å². The standard InChI is InChI=1S/C15H30N2O/c1-5-15(2,3)17(4)14(18)10-9-12-7-6-8-13(16)11-12/h12-13H,5-11,16H2,1-4H3. The van der Waals surface area contributed by atoms with Crippen molar-refractivity contribution in [1.82, 2.24) is 4.90 Å². The number of nitrogens with zero attached hydrogens (tertiary/aromatic N) is 1. The number of nitrogens with two attached hydrogens (primary N) is 1. The molecule has 0 heterocycles. The Balaban J connectivity index is 2.36. The molecule has 2 N–H and O–H groups in total. The molecule has 2 unspecified atom stereocenters. The predicted octanol–water partition coefficient (Wildman–Crippen LogP) is 2.93.